The molecule has 0 fully saturated rings. The lowest BCUT2D eigenvalue weighted by molar-refractivity contribution is -0.117. The number of rotatable bonds is 7. The van der Waals surface area contributed by atoms with Crippen molar-refractivity contribution < 1.29 is 18.7 Å². The molecule has 0 bridgehead atoms. The minimum absolute atomic E-state index is 0.00181. The van der Waals surface area contributed by atoms with Crippen molar-refractivity contribution in [3.63, 3.8) is 0 Å². The van der Waals surface area contributed by atoms with Gasteiger partial charge in [-0.2, -0.15) is 0 Å². The van der Waals surface area contributed by atoms with Crippen LogP contribution in [-0.2, 0) is 16.1 Å². The monoisotopic (exact) mass is 378 g/mol. The van der Waals surface area contributed by atoms with Gasteiger partial charge in [0.15, 0.2) is 0 Å². The quantitative estimate of drug-likeness (QED) is 0.746. The molecule has 2 aromatic carbocycles. The number of nitrogens with one attached hydrogen (secondary N) is 1. The summed E-state index contributed by atoms with van der Waals surface area (Å²) in [5.41, 5.74) is 0.979. The fourth-order valence-electron chi connectivity index (χ4n) is 2.42. The minimum Gasteiger partial charge on any atom is -0.462 e. The van der Waals surface area contributed by atoms with Crippen LogP contribution in [0.4, 0.5) is 10.1 Å². The van der Waals surface area contributed by atoms with E-state index in [9.17, 15) is 14.0 Å². The molecule has 0 unspecified atom stereocenters. The van der Waals surface area contributed by atoms with Crippen LogP contribution < -0.4 is 5.32 Å². The molecule has 0 aliphatic rings. The van der Waals surface area contributed by atoms with E-state index in [-0.39, 0.29) is 31.2 Å². The average molecular weight is 379 g/mol. The van der Waals surface area contributed by atoms with Crippen molar-refractivity contribution in [3.8, 4) is 0 Å². The Morgan fingerprint density at radius 2 is 1.92 bits per heavy atom. The smallest absolute Gasteiger partial charge is 0.340 e. The van der Waals surface area contributed by atoms with Gasteiger partial charge < -0.3 is 10.1 Å². The topological polar surface area (TPSA) is 58.6 Å². The number of nitrogens with zero attached hydrogens (tertiary/aromatic N) is 1. The van der Waals surface area contributed by atoms with E-state index in [1.807, 2.05) is 0 Å². The number of benzene rings is 2. The summed E-state index contributed by atoms with van der Waals surface area (Å²) in [6, 6.07) is 11.1. The van der Waals surface area contributed by atoms with Crippen molar-refractivity contribution in [1.82, 2.24) is 4.90 Å². The highest BCUT2D eigenvalue weighted by molar-refractivity contribution is 6.31. The highest BCUT2D eigenvalue weighted by Gasteiger charge is 2.16. The molecule has 0 aliphatic carbocycles. The van der Waals surface area contributed by atoms with E-state index in [4.69, 9.17) is 16.3 Å². The molecule has 7 heteroatoms. The Bertz CT molecular complexity index is 778. The van der Waals surface area contributed by atoms with Crippen LogP contribution in [0.25, 0.3) is 0 Å². The Hall–Kier alpha value is -2.44. The summed E-state index contributed by atoms with van der Waals surface area (Å²) in [5, 5.41) is 3.00. The first-order chi connectivity index (χ1) is 12.4. The maximum atomic E-state index is 13.8. The second kappa shape index (κ2) is 9.31. The predicted octanol–water partition coefficient (Wildman–Crippen LogP) is 3.73. The van der Waals surface area contributed by atoms with E-state index >= 15 is 0 Å². The highest BCUT2D eigenvalue weighted by atomic mass is 35.5. The number of halogens is 2. The van der Waals surface area contributed by atoms with Gasteiger partial charge in [0.25, 0.3) is 0 Å². The van der Waals surface area contributed by atoms with Gasteiger partial charge in [-0.25, -0.2) is 9.18 Å². The third kappa shape index (κ3) is 5.28. The van der Waals surface area contributed by atoms with Crippen molar-refractivity contribution in [3.05, 3.63) is 64.4 Å². The lowest BCUT2D eigenvalue weighted by Crippen LogP contribution is -2.30. The zero-order valence-electron chi connectivity index (χ0n) is 14.6. The number of hydrogen-bond acceptors (Lipinski definition) is 4. The summed E-state index contributed by atoms with van der Waals surface area (Å²) in [7, 11) is 1.68. The summed E-state index contributed by atoms with van der Waals surface area (Å²) >= 11 is 6.01. The minimum atomic E-state index is -0.505. The first kappa shape index (κ1) is 19.9. The molecule has 0 saturated carbocycles. The maximum Gasteiger partial charge on any atom is 0.340 e. The van der Waals surface area contributed by atoms with Crippen molar-refractivity contribution in [2.24, 2.45) is 0 Å². The molecule has 0 atom stereocenters. The number of carbonyl (C=O) groups is 2. The van der Waals surface area contributed by atoms with Crippen LogP contribution in [0.15, 0.2) is 42.5 Å². The van der Waals surface area contributed by atoms with E-state index in [0.717, 1.165) is 0 Å². The molecule has 0 radical (unpaired) electrons. The van der Waals surface area contributed by atoms with Crippen LogP contribution >= 0.6 is 11.6 Å². The van der Waals surface area contributed by atoms with Gasteiger partial charge in [-0.1, -0.05) is 29.8 Å². The molecule has 0 aliphatic heterocycles. The SMILES string of the molecule is CCOC(=O)c1ccccc1NC(=O)CN(C)Cc1c(F)cccc1Cl. The molecule has 5 nitrogen and oxygen atoms in total. The third-order valence-electron chi connectivity index (χ3n) is 3.60. The summed E-state index contributed by atoms with van der Waals surface area (Å²) in [6.07, 6.45) is 0. The van der Waals surface area contributed by atoms with Gasteiger partial charge in [0.1, 0.15) is 5.82 Å². The van der Waals surface area contributed by atoms with Crippen LogP contribution in [0, 0.1) is 5.82 Å². The summed E-state index contributed by atoms with van der Waals surface area (Å²) in [4.78, 5) is 25.9. The normalized spacial score (nSPS) is 10.7. The van der Waals surface area contributed by atoms with Gasteiger partial charge in [-0.3, -0.25) is 9.69 Å². The second-order valence-electron chi connectivity index (χ2n) is 5.69. The van der Waals surface area contributed by atoms with Crippen LogP contribution in [0.5, 0.6) is 0 Å². The Morgan fingerprint density at radius 1 is 1.19 bits per heavy atom. The molecular formula is C19H20ClFN2O3. The molecule has 26 heavy (non-hydrogen) atoms. The molecule has 0 spiro atoms. The van der Waals surface area contributed by atoms with Crippen molar-refractivity contribution in [2.75, 3.05) is 25.5 Å². The molecule has 2 rings (SSSR count). The molecule has 138 valence electrons. The van der Waals surface area contributed by atoms with Gasteiger partial charge in [0, 0.05) is 17.1 Å². The van der Waals surface area contributed by atoms with Gasteiger partial charge >= 0.3 is 5.97 Å². The average Bonchev–Trinajstić information content (AvgIpc) is 2.59. The Morgan fingerprint density at radius 3 is 2.62 bits per heavy atom. The molecule has 0 aromatic heterocycles. The lowest BCUT2D eigenvalue weighted by Gasteiger charge is -2.18. The number of para-hydroxylation sites is 1. The van der Waals surface area contributed by atoms with Gasteiger partial charge in [0.2, 0.25) is 5.91 Å². The maximum absolute atomic E-state index is 13.8. The number of amides is 1. The Balaban J connectivity index is 2.02. The van der Waals surface area contributed by atoms with E-state index < -0.39 is 11.8 Å². The number of anilines is 1. The highest BCUT2D eigenvalue weighted by Crippen LogP contribution is 2.20. The Kier molecular flexibility index (Phi) is 7.12. The van der Waals surface area contributed by atoms with E-state index in [1.165, 1.54) is 12.1 Å². The van der Waals surface area contributed by atoms with Crippen molar-refractivity contribution >= 4 is 29.2 Å². The predicted molar refractivity (Wildman–Crippen MR) is 98.8 cm³/mol. The van der Waals surface area contributed by atoms with Gasteiger partial charge in [-0.15, -0.1) is 0 Å². The van der Waals surface area contributed by atoms with Gasteiger partial charge in [0.05, 0.1) is 24.4 Å². The zero-order valence-corrected chi connectivity index (χ0v) is 15.3. The summed E-state index contributed by atoms with van der Waals surface area (Å²) in [6.45, 7) is 2.13. The lowest BCUT2D eigenvalue weighted by atomic mass is 10.1. The summed E-state index contributed by atoms with van der Waals surface area (Å²) in [5.74, 6) is -1.26. The number of ether oxygens (including phenoxy) is 1. The van der Waals surface area contributed by atoms with Crippen molar-refractivity contribution in [2.45, 2.75) is 13.5 Å². The molecule has 0 heterocycles. The third-order valence-corrected chi connectivity index (χ3v) is 3.95. The molecule has 1 N–H and O–H groups in total. The molecule has 2 aromatic rings. The van der Waals surface area contributed by atoms with Crippen LogP contribution in [0.2, 0.25) is 5.02 Å². The van der Waals surface area contributed by atoms with Crippen LogP contribution in [0.3, 0.4) is 0 Å². The molecule has 0 saturated heterocycles. The molecule has 1 amide bonds. The fourth-order valence-corrected chi connectivity index (χ4v) is 2.65. The Labute approximate surface area is 156 Å². The number of likely N-dealkylation sites (N-methyl/N-ethyl adjacent to an activating group) is 1. The molecular weight excluding hydrogens is 359 g/mol. The van der Waals surface area contributed by atoms with E-state index in [0.29, 0.717) is 16.3 Å². The second-order valence-corrected chi connectivity index (χ2v) is 6.09. The number of carbonyl (C=O) groups excluding carboxylic acids is 2. The zero-order chi connectivity index (χ0) is 19.1. The first-order valence-electron chi connectivity index (χ1n) is 8.09. The summed E-state index contributed by atoms with van der Waals surface area (Å²) < 4.78 is 18.8. The first-order valence-corrected chi connectivity index (χ1v) is 8.47. The van der Waals surface area contributed by atoms with Crippen LogP contribution in [0.1, 0.15) is 22.8 Å². The number of esters is 1. The standard InChI is InChI=1S/C19H20ClFN2O3/c1-3-26-19(25)13-7-4-5-10-17(13)22-18(24)12-23(2)11-14-15(20)8-6-9-16(14)21/h4-10H,3,11-12H2,1-2H3,(H,22,24). The largest absolute Gasteiger partial charge is 0.462 e. The van der Waals surface area contributed by atoms with Gasteiger partial charge in [-0.05, 0) is 38.2 Å². The fraction of sp³-hybridized carbons (Fsp3) is 0.263. The van der Waals surface area contributed by atoms with Crippen molar-refractivity contribution in [1.29, 1.82) is 0 Å². The van der Waals surface area contributed by atoms with E-state index in [2.05, 4.69) is 5.32 Å². The van der Waals surface area contributed by atoms with E-state index in [1.54, 1.807) is 49.2 Å². The van der Waals surface area contributed by atoms with Crippen LogP contribution in [-0.4, -0.2) is 37.0 Å². The number of hydrogen-bond donors (Lipinski definition) is 1.